The fourth-order valence-corrected chi connectivity index (χ4v) is 2.49. The van der Waals surface area contributed by atoms with Gasteiger partial charge in [0.25, 0.3) is 5.91 Å². The number of hydrogen-bond donors (Lipinski definition) is 3. The number of amides is 3. The second-order valence-corrected chi connectivity index (χ2v) is 5.97. The van der Waals surface area contributed by atoms with Crippen molar-refractivity contribution in [2.75, 3.05) is 5.32 Å². The van der Waals surface area contributed by atoms with E-state index >= 15 is 0 Å². The number of primary amides is 1. The normalized spacial score (nSPS) is 11.5. The zero-order valence-electron chi connectivity index (χ0n) is 14.5. The Kier molecular flexibility index (Phi) is 6.06. The van der Waals surface area contributed by atoms with Crippen LogP contribution in [0, 0.1) is 12.7 Å². The summed E-state index contributed by atoms with van der Waals surface area (Å²) in [7, 11) is 0. The van der Waals surface area contributed by atoms with Crippen molar-refractivity contribution < 1.29 is 18.8 Å². The maximum Gasteiger partial charge on any atom is 0.251 e. The van der Waals surface area contributed by atoms with Gasteiger partial charge in [-0.2, -0.15) is 0 Å². The third-order valence-corrected chi connectivity index (χ3v) is 3.76. The molecule has 0 saturated carbocycles. The molecule has 6 nitrogen and oxygen atoms in total. The molecule has 136 valence electrons. The second kappa shape index (κ2) is 8.24. The summed E-state index contributed by atoms with van der Waals surface area (Å²) in [5, 5.41) is 5.32. The number of halogens is 1. The molecule has 0 heterocycles. The Labute approximate surface area is 150 Å². The molecule has 0 radical (unpaired) electrons. The van der Waals surface area contributed by atoms with Gasteiger partial charge < -0.3 is 16.4 Å². The fourth-order valence-electron chi connectivity index (χ4n) is 2.49. The minimum atomic E-state index is -0.922. The lowest BCUT2D eigenvalue weighted by Gasteiger charge is -2.18. The lowest BCUT2D eigenvalue weighted by atomic mass is 10.0. The molecule has 2 rings (SSSR count). The van der Waals surface area contributed by atoms with Gasteiger partial charge in [0, 0.05) is 12.6 Å². The Morgan fingerprint density at radius 2 is 1.77 bits per heavy atom. The van der Waals surface area contributed by atoms with E-state index in [1.807, 2.05) is 31.2 Å². The predicted molar refractivity (Wildman–Crippen MR) is 95.9 cm³/mol. The monoisotopic (exact) mass is 357 g/mol. The van der Waals surface area contributed by atoms with Crippen molar-refractivity contribution >= 4 is 23.4 Å². The number of aryl methyl sites for hydroxylation is 1. The van der Waals surface area contributed by atoms with E-state index in [1.54, 1.807) is 0 Å². The topological polar surface area (TPSA) is 101 Å². The molecular weight excluding hydrogens is 337 g/mol. The van der Waals surface area contributed by atoms with Gasteiger partial charge in [0.2, 0.25) is 11.8 Å². The number of rotatable bonds is 6. The summed E-state index contributed by atoms with van der Waals surface area (Å²) >= 11 is 0. The van der Waals surface area contributed by atoms with E-state index in [-0.39, 0.29) is 23.6 Å². The molecule has 2 aromatic rings. The van der Waals surface area contributed by atoms with E-state index in [9.17, 15) is 18.8 Å². The Hall–Kier alpha value is -3.22. The summed E-state index contributed by atoms with van der Waals surface area (Å²) in [5.41, 5.74) is 6.89. The number of nitrogens with one attached hydrogen (secondary N) is 2. The minimum absolute atomic E-state index is 0.0219. The standard InChI is InChI=1S/C19H20FN3O3/c1-11-3-5-13(6-4-11)17(22-12(2)24)10-18(25)23-14-7-8-16(20)15(9-14)19(21)26/h3-9,17H,10H2,1-2H3,(H2,21,26)(H,22,24)(H,23,25). The average molecular weight is 357 g/mol. The van der Waals surface area contributed by atoms with Crippen LogP contribution in [0.5, 0.6) is 0 Å². The first-order chi connectivity index (χ1) is 12.3. The van der Waals surface area contributed by atoms with E-state index in [2.05, 4.69) is 10.6 Å². The Morgan fingerprint density at radius 3 is 2.35 bits per heavy atom. The highest BCUT2D eigenvalue weighted by Gasteiger charge is 2.18. The van der Waals surface area contributed by atoms with Gasteiger partial charge in [-0.05, 0) is 30.7 Å². The fraction of sp³-hybridized carbons (Fsp3) is 0.211. The number of nitrogens with two attached hydrogens (primary N) is 1. The molecule has 0 saturated heterocycles. The van der Waals surface area contributed by atoms with Crippen LogP contribution in [-0.2, 0) is 9.59 Å². The van der Waals surface area contributed by atoms with Gasteiger partial charge in [0.1, 0.15) is 5.82 Å². The number of hydrogen-bond acceptors (Lipinski definition) is 3. The molecule has 0 aliphatic carbocycles. The van der Waals surface area contributed by atoms with Crippen molar-refractivity contribution in [1.29, 1.82) is 0 Å². The molecule has 0 aromatic heterocycles. The largest absolute Gasteiger partial charge is 0.366 e. The van der Waals surface area contributed by atoms with Crippen LogP contribution in [0.4, 0.5) is 10.1 Å². The number of benzene rings is 2. The molecule has 0 bridgehead atoms. The van der Waals surface area contributed by atoms with Gasteiger partial charge in [-0.3, -0.25) is 14.4 Å². The molecule has 3 amide bonds. The van der Waals surface area contributed by atoms with Crippen LogP contribution < -0.4 is 16.4 Å². The molecular formula is C19H20FN3O3. The molecule has 7 heteroatoms. The SMILES string of the molecule is CC(=O)NC(CC(=O)Nc1ccc(F)c(C(N)=O)c1)c1ccc(C)cc1. The number of carbonyl (C=O) groups is 3. The quantitative estimate of drug-likeness (QED) is 0.740. The van der Waals surface area contributed by atoms with Crippen LogP contribution in [0.15, 0.2) is 42.5 Å². The van der Waals surface area contributed by atoms with Crippen molar-refractivity contribution in [3.8, 4) is 0 Å². The van der Waals surface area contributed by atoms with E-state index in [0.29, 0.717) is 0 Å². The first-order valence-corrected chi connectivity index (χ1v) is 7.99. The van der Waals surface area contributed by atoms with Crippen LogP contribution >= 0.6 is 0 Å². The molecule has 0 aliphatic heterocycles. The van der Waals surface area contributed by atoms with E-state index < -0.39 is 23.7 Å². The summed E-state index contributed by atoms with van der Waals surface area (Å²) in [6, 6.07) is 10.5. The van der Waals surface area contributed by atoms with Gasteiger partial charge in [0.15, 0.2) is 0 Å². The van der Waals surface area contributed by atoms with Crippen molar-refractivity contribution in [2.24, 2.45) is 5.73 Å². The average Bonchev–Trinajstić information content (AvgIpc) is 2.56. The van der Waals surface area contributed by atoms with Crippen LogP contribution in [0.1, 0.15) is 40.9 Å². The Morgan fingerprint density at radius 1 is 1.12 bits per heavy atom. The maximum atomic E-state index is 13.5. The van der Waals surface area contributed by atoms with Gasteiger partial charge in [-0.1, -0.05) is 29.8 Å². The third kappa shape index (κ3) is 5.14. The lowest BCUT2D eigenvalue weighted by Crippen LogP contribution is -2.29. The summed E-state index contributed by atoms with van der Waals surface area (Å²) < 4.78 is 13.5. The van der Waals surface area contributed by atoms with Crippen LogP contribution in [0.25, 0.3) is 0 Å². The second-order valence-electron chi connectivity index (χ2n) is 5.97. The predicted octanol–water partition coefficient (Wildman–Crippen LogP) is 2.44. The molecule has 1 atom stereocenters. The zero-order chi connectivity index (χ0) is 19.3. The summed E-state index contributed by atoms with van der Waals surface area (Å²) in [6.07, 6.45) is -0.0219. The van der Waals surface area contributed by atoms with Crippen molar-refractivity contribution in [2.45, 2.75) is 26.3 Å². The van der Waals surface area contributed by atoms with Gasteiger partial charge in [-0.15, -0.1) is 0 Å². The highest BCUT2D eigenvalue weighted by atomic mass is 19.1. The zero-order valence-corrected chi connectivity index (χ0v) is 14.5. The summed E-state index contributed by atoms with van der Waals surface area (Å²) in [4.78, 5) is 35.0. The highest BCUT2D eigenvalue weighted by molar-refractivity contribution is 5.96. The van der Waals surface area contributed by atoms with Crippen LogP contribution in [-0.4, -0.2) is 17.7 Å². The highest BCUT2D eigenvalue weighted by Crippen LogP contribution is 2.20. The molecule has 26 heavy (non-hydrogen) atoms. The smallest absolute Gasteiger partial charge is 0.251 e. The first kappa shape index (κ1) is 19.1. The summed E-state index contributed by atoms with van der Waals surface area (Å²) in [6.45, 7) is 3.31. The Bertz CT molecular complexity index is 834. The lowest BCUT2D eigenvalue weighted by molar-refractivity contribution is -0.120. The molecule has 4 N–H and O–H groups in total. The number of anilines is 1. The molecule has 0 spiro atoms. The maximum absolute atomic E-state index is 13.5. The van der Waals surface area contributed by atoms with Gasteiger partial charge in [0.05, 0.1) is 18.0 Å². The summed E-state index contributed by atoms with van der Waals surface area (Å²) in [5.74, 6) is -2.34. The molecule has 2 aromatic carbocycles. The van der Waals surface area contributed by atoms with Crippen LogP contribution in [0.3, 0.4) is 0 Å². The van der Waals surface area contributed by atoms with Gasteiger partial charge >= 0.3 is 0 Å². The van der Waals surface area contributed by atoms with Gasteiger partial charge in [-0.25, -0.2) is 4.39 Å². The molecule has 0 fully saturated rings. The first-order valence-electron chi connectivity index (χ1n) is 7.99. The van der Waals surface area contributed by atoms with E-state index in [1.165, 1.54) is 19.1 Å². The molecule has 1 unspecified atom stereocenters. The van der Waals surface area contributed by atoms with Crippen molar-refractivity contribution in [1.82, 2.24) is 5.32 Å². The number of carbonyl (C=O) groups excluding carboxylic acids is 3. The minimum Gasteiger partial charge on any atom is -0.366 e. The van der Waals surface area contributed by atoms with E-state index in [0.717, 1.165) is 17.2 Å². The molecule has 0 aliphatic rings. The van der Waals surface area contributed by atoms with E-state index in [4.69, 9.17) is 5.73 Å². The van der Waals surface area contributed by atoms with Crippen LogP contribution in [0.2, 0.25) is 0 Å². The van der Waals surface area contributed by atoms with Crippen molar-refractivity contribution in [3.63, 3.8) is 0 Å². The third-order valence-electron chi connectivity index (χ3n) is 3.76. The Balaban J connectivity index is 2.14. The van der Waals surface area contributed by atoms with Crippen molar-refractivity contribution in [3.05, 3.63) is 65.0 Å².